The molecule has 0 saturated carbocycles. The van der Waals surface area contributed by atoms with Crippen molar-refractivity contribution in [2.24, 2.45) is 0 Å². The summed E-state index contributed by atoms with van der Waals surface area (Å²) < 4.78 is 7.58. The van der Waals surface area contributed by atoms with Gasteiger partial charge in [-0.25, -0.2) is 9.97 Å². The van der Waals surface area contributed by atoms with Gasteiger partial charge in [0.1, 0.15) is 23.5 Å². The second-order valence-electron chi connectivity index (χ2n) is 7.28. The van der Waals surface area contributed by atoms with Crippen LogP contribution in [0.1, 0.15) is 5.56 Å². The van der Waals surface area contributed by atoms with Crippen LogP contribution in [-0.2, 0) is 6.54 Å². The Morgan fingerprint density at radius 2 is 1.55 bits per heavy atom. The molecule has 31 heavy (non-hydrogen) atoms. The number of nitrogens with zero attached hydrogens (tertiary/aromatic N) is 3. The predicted molar refractivity (Wildman–Crippen MR) is 125 cm³/mol. The second kappa shape index (κ2) is 8.32. The third kappa shape index (κ3) is 3.85. The van der Waals surface area contributed by atoms with Crippen LogP contribution in [0.2, 0.25) is 0 Å². The molecule has 5 rings (SSSR count). The van der Waals surface area contributed by atoms with Gasteiger partial charge < -0.3 is 14.6 Å². The van der Waals surface area contributed by atoms with Crippen molar-refractivity contribution in [3.63, 3.8) is 0 Å². The fourth-order valence-corrected chi connectivity index (χ4v) is 3.75. The molecule has 0 aliphatic rings. The number of nitrogens with one attached hydrogen (secondary N) is 1. The van der Waals surface area contributed by atoms with Crippen LogP contribution in [-0.4, -0.2) is 21.6 Å². The number of ether oxygens (including phenoxy) is 1. The standard InChI is InChI=1S/C26H22N4O/c1-31-22-14-12-20(13-15-22)24-16-23-25(29-21-10-6-3-7-11-21)27-18-28-26(23)30(24)17-19-8-4-2-5-9-19/h2-16,18H,17H2,1H3,(H,27,28,29). The normalized spacial score (nSPS) is 10.9. The summed E-state index contributed by atoms with van der Waals surface area (Å²) in [6, 6.07) is 30.8. The largest absolute Gasteiger partial charge is 0.497 e. The van der Waals surface area contributed by atoms with Crippen molar-refractivity contribution in [3.8, 4) is 17.0 Å². The lowest BCUT2D eigenvalue weighted by Crippen LogP contribution is -2.03. The Balaban J connectivity index is 1.66. The maximum atomic E-state index is 5.34. The molecule has 0 aliphatic carbocycles. The Kier molecular flexibility index (Phi) is 5.07. The maximum Gasteiger partial charge on any atom is 0.146 e. The van der Waals surface area contributed by atoms with Gasteiger partial charge in [0.15, 0.2) is 0 Å². The summed E-state index contributed by atoms with van der Waals surface area (Å²) in [6.07, 6.45) is 1.62. The number of aromatic nitrogens is 3. The molecule has 3 aromatic carbocycles. The number of anilines is 2. The monoisotopic (exact) mass is 406 g/mol. The number of para-hydroxylation sites is 1. The highest BCUT2D eigenvalue weighted by molar-refractivity contribution is 5.93. The van der Waals surface area contributed by atoms with E-state index in [2.05, 4.69) is 62.3 Å². The summed E-state index contributed by atoms with van der Waals surface area (Å²) >= 11 is 0. The molecule has 0 atom stereocenters. The van der Waals surface area contributed by atoms with Crippen LogP contribution in [0.4, 0.5) is 11.5 Å². The van der Waals surface area contributed by atoms with E-state index >= 15 is 0 Å². The molecule has 0 amide bonds. The number of benzene rings is 3. The molecule has 2 heterocycles. The molecule has 0 saturated heterocycles. The molecule has 152 valence electrons. The quantitative estimate of drug-likeness (QED) is 0.381. The van der Waals surface area contributed by atoms with Gasteiger partial charge in [-0.2, -0.15) is 0 Å². The molecule has 0 radical (unpaired) electrons. The fraction of sp³-hybridized carbons (Fsp3) is 0.0769. The lowest BCUT2D eigenvalue weighted by atomic mass is 10.1. The molecule has 5 heteroatoms. The highest BCUT2D eigenvalue weighted by atomic mass is 16.5. The van der Waals surface area contributed by atoms with Crippen LogP contribution >= 0.6 is 0 Å². The first-order chi connectivity index (χ1) is 15.3. The average molecular weight is 406 g/mol. The van der Waals surface area contributed by atoms with Crippen molar-refractivity contribution in [1.29, 1.82) is 0 Å². The number of hydrogen-bond donors (Lipinski definition) is 1. The average Bonchev–Trinajstić information content (AvgIpc) is 3.20. The van der Waals surface area contributed by atoms with Crippen molar-refractivity contribution < 1.29 is 4.74 Å². The van der Waals surface area contributed by atoms with Crippen molar-refractivity contribution in [3.05, 3.63) is 103 Å². The van der Waals surface area contributed by atoms with Crippen LogP contribution in [0.5, 0.6) is 5.75 Å². The zero-order valence-electron chi connectivity index (χ0n) is 17.2. The minimum Gasteiger partial charge on any atom is -0.497 e. The number of fused-ring (bicyclic) bond motifs is 1. The zero-order chi connectivity index (χ0) is 21.0. The SMILES string of the molecule is COc1ccc(-c2cc3c(Nc4ccccc4)ncnc3n2Cc2ccccc2)cc1. The lowest BCUT2D eigenvalue weighted by molar-refractivity contribution is 0.415. The minimum absolute atomic E-state index is 0.716. The first-order valence-corrected chi connectivity index (χ1v) is 10.2. The smallest absolute Gasteiger partial charge is 0.146 e. The molecule has 0 spiro atoms. The minimum atomic E-state index is 0.716. The highest BCUT2D eigenvalue weighted by Crippen LogP contribution is 2.33. The van der Waals surface area contributed by atoms with Gasteiger partial charge in [0.05, 0.1) is 18.2 Å². The molecule has 5 aromatic rings. The summed E-state index contributed by atoms with van der Waals surface area (Å²) in [5.41, 5.74) is 5.27. The Bertz CT molecular complexity index is 1300. The number of hydrogen-bond acceptors (Lipinski definition) is 4. The molecule has 2 aromatic heterocycles. The molecule has 1 N–H and O–H groups in total. The van der Waals surface area contributed by atoms with Gasteiger partial charge in [0.25, 0.3) is 0 Å². The third-order valence-corrected chi connectivity index (χ3v) is 5.30. The van der Waals surface area contributed by atoms with Gasteiger partial charge in [-0.1, -0.05) is 48.5 Å². The fourth-order valence-electron chi connectivity index (χ4n) is 3.75. The van der Waals surface area contributed by atoms with Crippen molar-refractivity contribution in [2.45, 2.75) is 6.54 Å². The van der Waals surface area contributed by atoms with E-state index in [1.54, 1.807) is 13.4 Å². The van der Waals surface area contributed by atoms with Crippen LogP contribution in [0.15, 0.2) is 97.3 Å². The molecule has 5 nitrogen and oxygen atoms in total. The Morgan fingerprint density at radius 3 is 2.26 bits per heavy atom. The van der Waals surface area contributed by atoms with E-state index in [1.807, 2.05) is 48.5 Å². The molecule has 0 aliphatic heterocycles. The highest BCUT2D eigenvalue weighted by Gasteiger charge is 2.16. The lowest BCUT2D eigenvalue weighted by Gasteiger charge is -2.11. The van der Waals surface area contributed by atoms with Gasteiger partial charge >= 0.3 is 0 Å². The second-order valence-corrected chi connectivity index (χ2v) is 7.28. The molecule has 0 bridgehead atoms. The van der Waals surface area contributed by atoms with Gasteiger partial charge in [-0.05, 0) is 53.6 Å². The summed E-state index contributed by atoms with van der Waals surface area (Å²) in [7, 11) is 1.68. The van der Waals surface area contributed by atoms with E-state index < -0.39 is 0 Å². The predicted octanol–water partition coefficient (Wildman–Crippen LogP) is 5.90. The zero-order valence-corrected chi connectivity index (χ0v) is 17.2. The Morgan fingerprint density at radius 1 is 0.839 bits per heavy atom. The van der Waals surface area contributed by atoms with Gasteiger partial charge in [0.2, 0.25) is 0 Å². The maximum absolute atomic E-state index is 5.34. The van der Waals surface area contributed by atoms with E-state index in [1.165, 1.54) is 5.56 Å². The van der Waals surface area contributed by atoms with Crippen molar-refractivity contribution in [1.82, 2.24) is 14.5 Å². The summed E-state index contributed by atoms with van der Waals surface area (Å²) in [5, 5.41) is 4.42. The summed E-state index contributed by atoms with van der Waals surface area (Å²) in [6.45, 7) is 0.716. The van der Waals surface area contributed by atoms with Gasteiger partial charge in [-0.3, -0.25) is 0 Å². The van der Waals surface area contributed by atoms with Crippen LogP contribution in [0.3, 0.4) is 0 Å². The van der Waals surface area contributed by atoms with E-state index in [4.69, 9.17) is 4.74 Å². The van der Waals surface area contributed by atoms with E-state index in [9.17, 15) is 0 Å². The summed E-state index contributed by atoms with van der Waals surface area (Å²) in [4.78, 5) is 9.18. The van der Waals surface area contributed by atoms with Gasteiger partial charge in [0, 0.05) is 12.2 Å². The topological polar surface area (TPSA) is 52.0 Å². The van der Waals surface area contributed by atoms with E-state index in [0.717, 1.165) is 39.5 Å². The number of rotatable bonds is 6. The first kappa shape index (κ1) is 18.9. The van der Waals surface area contributed by atoms with E-state index in [0.29, 0.717) is 6.54 Å². The Hall–Kier alpha value is -4.12. The van der Waals surface area contributed by atoms with Crippen molar-refractivity contribution >= 4 is 22.5 Å². The van der Waals surface area contributed by atoms with Crippen LogP contribution < -0.4 is 10.1 Å². The van der Waals surface area contributed by atoms with E-state index in [-0.39, 0.29) is 0 Å². The van der Waals surface area contributed by atoms with Crippen LogP contribution in [0.25, 0.3) is 22.3 Å². The van der Waals surface area contributed by atoms with Crippen LogP contribution in [0, 0.1) is 0 Å². The Labute approximate surface area is 181 Å². The van der Waals surface area contributed by atoms with Crippen molar-refractivity contribution in [2.75, 3.05) is 12.4 Å². The molecule has 0 fully saturated rings. The van der Waals surface area contributed by atoms with Gasteiger partial charge in [-0.15, -0.1) is 0 Å². The number of methoxy groups -OCH3 is 1. The molecular weight excluding hydrogens is 384 g/mol. The summed E-state index contributed by atoms with van der Waals surface area (Å²) in [5.74, 6) is 1.62. The molecular formula is C26H22N4O. The first-order valence-electron chi connectivity index (χ1n) is 10.2. The molecule has 0 unspecified atom stereocenters. The third-order valence-electron chi connectivity index (χ3n) is 5.30.